The molecule has 3 aromatic heterocycles. The van der Waals surface area contributed by atoms with E-state index in [4.69, 9.17) is 18.2 Å². The molecule has 198 valence electrons. The second-order valence-corrected chi connectivity index (χ2v) is 12.6. The third-order valence-electron chi connectivity index (χ3n) is 8.07. The van der Waals surface area contributed by atoms with E-state index in [9.17, 15) is 9.90 Å². The minimum Gasteiger partial charge on any atom is -0.478 e. The smallest absolute Gasteiger partial charge is 0.335 e. The Balaban J connectivity index is 1.39. The summed E-state index contributed by atoms with van der Waals surface area (Å²) in [5.41, 5.74) is 9.47. The SMILES string of the molecule is O=C(O)c1ccc(Oc2c(OC3C4=C5CCC(=C3CC4)C5)c(-c3cccs3)c3nsnc3c2-c2cccs2)cc1. The van der Waals surface area contributed by atoms with Crippen LogP contribution in [-0.2, 0) is 0 Å². The lowest BCUT2D eigenvalue weighted by Crippen LogP contribution is -2.21. The van der Waals surface area contributed by atoms with Crippen LogP contribution in [0.25, 0.3) is 31.9 Å². The van der Waals surface area contributed by atoms with E-state index >= 15 is 0 Å². The van der Waals surface area contributed by atoms with E-state index < -0.39 is 5.97 Å². The summed E-state index contributed by atoms with van der Waals surface area (Å²) < 4.78 is 23.4. The van der Waals surface area contributed by atoms with Crippen LogP contribution >= 0.6 is 34.4 Å². The van der Waals surface area contributed by atoms with E-state index in [1.165, 1.54) is 22.9 Å². The van der Waals surface area contributed by atoms with Gasteiger partial charge in [-0.3, -0.25) is 0 Å². The predicted octanol–water partition coefficient (Wildman–Crippen LogP) is 8.97. The Hall–Kier alpha value is -3.79. The first-order chi connectivity index (χ1) is 19.7. The summed E-state index contributed by atoms with van der Waals surface area (Å²) in [5, 5.41) is 13.5. The lowest BCUT2D eigenvalue weighted by molar-refractivity contribution is 0.0697. The van der Waals surface area contributed by atoms with Crippen molar-refractivity contribution in [2.45, 2.75) is 38.2 Å². The first-order valence-electron chi connectivity index (χ1n) is 13.1. The van der Waals surface area contributed by atoms with Crippen molar-refractivity contribution in [1.82, 2.24) is 8.75 Å². The number of rotatable bonds is 7. The minimum atomic E-state index is -0.976. The van der Waals surface area contributed by atoms with Crippen LogP contribution in [0.5, 0.6) is 17.2 Å². The fraction of sp³-hybridized carbons (Fsp3) is 0.194. The van der Waals surface area contributed by atoms with E-state index in [1.807, 2.05) is 17.5 Å². The van der Waals surface area contributed by atoms with Gasteiger partial charge >= 0.3 is 5.97 Å². The second kappa shape index (κ2) is 9.40. The van der Waals surface area contributed by atoms with E-state index in [2.05, 4.69) is 17.5 Å². The molecule has 2 aromatic carbocycles. The number of hydrogen-bond acceptors (Lipinski definition) is 8. The first-order valence-corrected chi connectivity index (χ1v) is 15.6. The van der Waals surface area contributed by atoms with Crippen molar-refractivity contribution in [2.24, 2.45) is 0 Å². The molecule has 8 rings (SSSR count). The number of benzene rings is 2. The number of carboxylic acid groups (broad SMARTS) is 1. The molecule has 3 aliphatic carbocycles. The third kappa shape index (κ3) is 3.76. The zero-order valence-corrected chi connectivity index (χ0v) is 23.6. The Labute approximate surface area is 242 Å². The Bertz CT molecular complexity index is 1820. The number of carboxylic acids is 1. The molecule has 3 aliphatic rings. The molecule has 5 aromatic rings. The van der Waals surface area contributed by atoms with Crippen LogP contribution in [0.4, 0.5) is 0 Å². The Morgan fingerprint density at radius 2 is 1.40 bits per heavy atom. The average Bonchev–Trinajstić information content (AvgIpc) is 3.78. The average molecular weight is 583 g/mol. The highest BCUT2D eigenvalue weighted by atomic mass is 32.1. The fourth-order valence-corrected chi connectivity index (χ4v) is 8.36. The van der Waals surface area contributed by atoms with Crippen LogP contribution in [0.15, 0.2) is 81.6 Å². The number of thiophene rings is 2. The number of ether oxygens (including phenoxy) is 2. The van der Waals surface area contributed by atoms with Crippen molar-refractivity contribution in [3.8, 4) is 38.1 Å². The molecule has 0 amide bonds. The molecule has 0 aliphatic heterocycles. The molecule has 1 N–H and O–H groups in total. The van der Waals surface area contributed by atoms with E-state index in [0.29, 0.717) is 17.2 Å². The van der Waals surface area contributed by atoms with Crippen LogP contribution in [0.3, 0.4) is 0 Å². The molecule has 6 nitrogen and oxygen atoms in total. The van der Waals surface area contributed by atoms with E-state index in [1.54, 1.807) is 58.1 Å². The summed E-state index contributed by atoms with van der Waals surface area (Å²) in [6.07, 6.45) is 5.41. The molecule has 0 saturated heterocycles. The first kappa shape index (κ1) is 24.0. The van der Waals surface area contributed by atoms with Crippen LogP contribution in [0, 0.1) is 0 Å². The number of aromatic nitrogens is 2. The highest BCUT2D eigenvalue weighted by molar-refractivity contribution is 7.14. The summed E-state index contributed by atoms with van der Waals surface area (Å²) in [6.45, 7) is 0. The monoisotopic (exact) mass is 582 g/mol. The topological polar surface area (TPSA) is 81.5 Å². The van der Waals surface area contributed by atoms with Gasteiger partial charge in [0.05, 0.1) is 28.4 Å². The van der Waals surface area contributed by atoms with E-state index in [-0.39, 0.29) is 11.7 Å². The molecule has 9 heteroatoms. The molecule has 4 bridgehead atoms. The van der Waals surface area contributed by atoms with Gasteiger partial charge in [0.2, 0.25) is 0 Å². The van der Waals surface area contributed by atoms with E-state index in [0.717, 1.165) is 64.0 Å². The maximum Gasteiger partial charge on any atom is 0.335 e. The summed E-state index contributed by atoms with van der Waals surface area (Å²) in [7, 11) is 0. The number of fused-ring (bicyclic) bond motifs is 5. The quantitative estimate of drug-likeness (QED) is 0.193. The zero-order chi connectivity index (χ0) is 26.8. The molecule has 2 saturated carbocycles. The summed E-state index contributed by atoms with van der Waals surface area (Å²) >= 11 is 4.44. The van der Waals surface area contributed by atoms with Gasteiger partial charge in [-0.05, 0) is 90.4 Å². The van der Waals surface area contributed by atoms with Crippen molar-refractivity contribution < 1.29 is 19.4 Å². The van der Waals surface area contributed by atoms with Crippen LogP contribution in [0.1, 0.15) is 42.5 Å². The van der Waals surface area contributed by atoms with Crippen molar-refractivity contribution in [3.63, 3.8) is 0 Å². The predicted molar refractivity (Wildman–Crippen MR) is 159 cm³/mol. The molecule has 0 radical (unpaired) electrons. The van der Waals surface area contributed by atoms with Gasteiger partial charge in [-0.15, -0.1) is 22.7 Å². The summed E-state index contributed by atoms with van der Waals surface area (Å²) in [5.74, 6) is 0.805. The molecule has 0 unspecified atom stereocenters. The standard InChI is InChI=1S/C31H22N2O4S3/c34-31(35)16-7-9-19(10-8-16)36-29-24(22-3-1-13-38-22)26-27(33-40-32-26)25(23-4-2-14-39-23)30(29)37-28-20-11-12-21(28)18-6-5-17(20)15-18/h1-4,7-10,13-14,28H,5-6,11-12,15H2,(H,34,35). The zero-order valence-electron chi connectivity index (χ0n) is 21.2. The highest BCUT2D eigenvalue weighted by Crippen LogP contribution is 2.56. The van der Waals surface area contributed by atoms with Gasteiger partial charge in [-0.2, -0.15) is 8.75 Å². The third-order valence-corrected chi connectivity index (χ3v) is 10.4. The van der Waals surface area contributed by atoms with Crippen LogP contribution < -0.4 is 9.47 Å². The molecule has 40 heavy (non-hydrogen) atoms. The van der Waals surface area contributed by atoms with Gasteiger partial charge in [0.1, 0.15) is 22.9 Å². The Morgan fingerprint density at radius 1 is 0.800 bits per heavy atom. The van der Waals surface area contributed by atoms with Crippen molar-refractivity contribution >= 4 is 51.4 Å². The number of allylic oxidation sites excluding steroid dienone is 2. The maximum absolute atomic E-state index is 11.5. The molecular weight excluding hydrogens is 561 g/mol. The molecule has 0 spiro atoms. The molecule has 2 fully saturated rings. The van der Waals surface area contributed by atoms with Crippen molar-refractivity contribution in [1.29, 1.82) is 0 Å². The summed E-state index contributed by atoms with van der Waals surface area (Å²) in [4.78, 5) is 13.5. The van der Waals surface area contributed by atoms with Crippen LogP contribution in [0.2, 0.25) is 0 Å². The number of carbonyl (C=O) groups is 1. The van der Waals surface area contributed by atoms with Gasteiger partial charge in [0, 0.05) is 9.75 Å². The maximum atomic E-state index is 11.5. The second-order valence-electron chi connectivity index (χ2n) is 10.2. The fourth-order valence-electron chi connectivity index (χ4n) is 6.26. The Kier molecular flexibility index (Phi) is 5.65. The molecule has 3 heterocycles. The normalized spacial score (nSPS) is 16.4. The molecular formula is C31H22N2O4S3. The number of nitrogens with zero attached hydrogens (tertiary/aromatic N) is 2. The lowest BCUT2D eigenvalue weighted by atomic mass is 9.95. The largest absolute Gasteiger partial charge is 0.478 e. The van der Waals surface area contributed by atoms with Crippen molar-refractivity contribution in [3.05, 3.63) is 87.1 Å². The van der Waals surface area contributed by atoms with Gasteiger partial charge in [0.15, 0.2) is 11.5 Å². The van der Waals surface area contributed by atoms with Gasteiger partial charge in [0.25, 0.3) is 0 Å². The van der Waals surface area contributed by atoms with Gasteiger partial charge < -0.3 is 14.6 Å². The highest BCUT2D eigenvalue weighted by Gasteiger charge is 2.41. The Morgan fingerprint density at radius 3 is 1.95 bits per heavy atom. The lowest BCUT2D eigenvalue weighted by Gasteiger charge is -2.26. The van der Waals surface area contributed by atoms with Gasteiger partial charge in [-0.1, -0.05) is 23.3 Å². The minimum absolute atomic E-state index is 0.0862. The number of hydrogen-bond donors (Lipinski definition) is 1. The van der Waals surface area contributed by atoms with Gasteiger partial charge in [-0.25, -0.2) is 4.79 Å². The van der Waals surface area contributed by atoms with Crippen molar-refractivity contribution in [2.75, 3.05) is 0 Å². The number of aromatic carboxylic acids is 1. The summed E-state index contributed by atoms with van der Waals surface area (Å²) in [6, 6.07) is 14.7. The van der Waals surface area contributed by atoms with Crippen LogP contribution in [-0.4, -0.2) is 25.9 Å². The molecule has 0 atom stereocenters.